The molecule has 0 atom stereocenters. The van der Waals surface area contributed by atoms with Crippen LogP contribution in [-0.2, 0) is 17.8 Å². The molecule has 17 heavy (non-hydrogen) atoms. The Labute approximate surface area is 106 Å². The number of nitrogens with zero attached hydrogens (tertiary/aromatic N) is 2. The average molecular weight is 253 g/mol. The van der Waals surface area contributed by atoms with Crippen LogP contribution in [0.1, 0.15) is 38.3 Å². The third-order valence-electron chi connectivity index (χ3n) is 2.66. The van der Waals surface area contributed by atoms with E-state index in [4.69, 9.17) is 0 Å². The molecule has 2 rings (SSSR count). The van der Waals surface area contributed by atoms with Gasteiger partial charge in [0.1, 0.15) is 0 Å². The van der Waals surface area contributed by atoms with Gasteiger partial charge >= 0.3 is 0 Å². The Hall–Kier alpha value is -1.10. The first kappa shape index (κ1) is 12.4. The molecule has 1 amide bonds. The number of fused-ring (bicyclic) bond motifs is 1. The van der Waals surface area contributed by atoms with E-state index in [1.165, 1.54) is 4.88 Å². The molecular weight excluding hydrogens is 234 g/mol. The largest absolute Gasteiger partial charge is 0.357 e. The summed E-state index contributed by atoms with van der Waals surface area (Å²) in [5.74, 6) is 0.148. The van der Waals surface area contributed by atoms with Gasteiger partial charge in [-0.3, -0.25) is 4.79 Å². The average Bonchev–Trinajstić information content (AvgIpc) is 2.54. The molecule has 1 aliphatic rings. The SMILES string of the molecule is CC(=O)N1CCc2nc(NC(C)(C)C)sc2C1. The lowest BCUT2D eigenvalue weighted by molar-refractivity contribution is -0.129. The zero-order valence-corrected chi connectivity index (χ0v) is 11.6. The summed E-state index contributed by atoms with van der Waals surface area (Å²) in [6.45, 7) is 9.50. The van der Waals surface area contributed by atoms with E-state index in [1.807, 2.05) is 4.90 Å². The van der Waals surface area contributed by atoms with Gasteiger partial charge in [0.2, 0.25) is 5.91 Å². The van der Waals surface area contributed by atoms with Crippen molar-refractivity contribution in [2.24, 2.45) is 0 Å². The van der Waals surface area contributed by atoms with E-state index in [1.54, 1.807) is 18.3 Å². The first-order chi connectivity index (χ1) is 7.85. The van der Waals surface area contributed by atoms with Crippen LogP contribution in [0.25, 0.3) is 0 Å². The molecule has 1 aliphatic heterocycles. The summed E-state index contributed by atoms with van der Waals surface area (Å²) < 4.78 is 0. The minimum absolute atomic E-state index is 0.0285. The molecule has 0 aromatic carbocycles. The van der Waals surface area contributed by atoms with Crippen LogP contribution in [-0.4, -0.2) is 27.9 Å². The number of carbonyl (C=O) groups excluding carboxylic acids is 1. The number of carbonyl (C=O) groups is 1. The van der Waals surface area contributed by atoms with Crippen molar-refractivity contribution in [2.45, 2.75) is 46.2 Å². The molecule has 0 saturated carbocycles. The highest BCUT2D eigenvalue weighted by Crippen LogP contribution is 2.29. The molecule has 1 aromatic heterocycles. The Morgan fingerprint density at radius 2 is 2.18 bits per heavy atom. The molecule has 0 bridgehead atoms. The molecule has 2 heterocycles. The molecule has 1 N–H and O–H groups in total. The molecule has 0 spiro atoms. The van der Waals surface area contributed by atoms with Crippen LogP contribution in [0, 0.1) is 0 Å². The number of hydrogen-bond donors (Lipinski definition) is 1. The van der Waals surface area contributed by atoms with Crippen molar-refractivity contribution in [2.75, 3.05) is 11.9 Å². The van der Waals surface area contributed by atoms with Crippen LogP contribution in [0.5, 0.6) is 0 Å². The van der Waals surface area contributed by atoms with Crippen LogP contribution < -0.4 is 5.32 Å². The molecule has 0 saturated heterocycles. The number of hydrogen-bond acceptors (Lipinski definition) is 4. The fourth-order valence-electron chi connectivity index (χ4n) is 1.84. The smallest absolute Gasteiger partial charge is 0.219 e. The van der Waals surface area contributed by atoms with Crippen molar-refractivity contribution in [3.05, 3.63) is 10.6 Å². The molecule has 94 valence electrons. The molecule has 5 heteroatoms. The first-order valence-corrected chi connectivity index (χ1v) is 6.69. The van der Waals surface area contributed by atoms with Gasteiger partial charge in [0.15, 0.2) is 5.13 Å². The normalized spacial score (nSPS) is 15.6. The van der Waals surface area contributed by atoms with E-state index in [9.17, 15) is 4.79 Å². The second-order valence-corrected chi connectivity index (χ2v) is 6.54. The fourth-order valence-corrected chi connectivity index (χ4v) is 3.07. The van der Waals surface area contributed by atoms with E-state index < -0.39 is 0 Å². The minimum Gasteiger partial charge on any atom is -0.357 e. The van der Waals surface area contributed by atoms with Crippen molar-refractivity contribution in [1.82, 2.24) is 9.88 Å². The molecule has 0 aliphatic carbocycles. The van der Waals surface area contributed by atoms with Crippen molar-refractivity contribution in [3.63, 3.8) is 0 Å². The van der Waals surface area contributed by atoms with E-state index in [-0.39, 0.29) is 11.4 Å². The standard InChI is InChI=1S/C12H19N3OS/c1-8(16)15-6-5-9-10(7-15)17-11(13-9)14-12(2,3)4/h5-7H2,1-4H3,(H,13,14). The molecular formula is C12H19N3OS. The number of nitrogens with one attached hydrogen (secondary N) is 1. The Morgan fingerprint density at radius 3 is 2.76 bits per heavy atom. The van der Waals surface area contributed by atoms with Crippen molar-refractivity contribution in [1.29, 1.82) is 0 Å². The second kappa shape index (κ2) is 4.29. The Kier molecular flexibility index (Phi) is 3.12. The Morgan fingerprint density at radius 1 is 1.47 bits per heavy atom. The number of rotatable bonds is 1. The maximum Gasteiger partial charge on any atom is 0.219 e. The second-order valence-electron chi connectivity index (χ2n) is 5.45. The van der Waals surface area contributed by atoms with Gasteiger partial charge in [0, 0.05) is 30.3 Å². The molecule has 1 aromatic rings. The van der Waals surface area contributed by atoms with E-state index in [0.29, 0.717) is 6.54 Å². The summed E-state index contributed by atoms with van der Waals surface area (Å²) in [5, 5.41) is 4.35. The summed E-state index contributed by atoms with van der Waals surface area (Å²) in [5.41, 5.74) is 1.18. The summed E-state index contributed by atoms with van der Waals surface area (Å²) >= 11 is 1.67. The predicted octanol–water partition coefficient (Wildman–Crippen LogP) is 2.26. The third kappa shape index (κ3) is 2.97. The fraction of sp³-hybridized carbons (Fsp3) is 0.667. The number of thiazole rings is 1. The van der Waals surface area contributed by atoms with Gasteiger partial charge in [0.25, 0.3) is 0 Å². The summed E-state index contributed by atoms with van der Waals surface area (Å²) in [6.07, 6.45) is 0.872. The monoisotopic (exact) mass is 253 g/mol. The van der Waals surface area contributed by atoms with Gasteiger partial charge in [-0.05, 0) is 20.8 Å². The van der Waals surface area contributed by atoms with E-state index in [0.717, 1.165) is 23.8 Å². The van der Waals surface area contributed by atoms with E-state index in [2.05, 4.69) is 31.1 Å². The Bertz CT molecular complexity index is 433. The number of amides is 1. The predicted molar refractivity (Wildman–Crippen MR) is 70.3 cm³/mol. The highest BCUT2D eigenvalue weighted by Gasteiger charge is 2.23. The zero-order valence-electron chi connectivity index (χ0n) is 10.8. The lowest BCUT2D eigenvalue weighted by Crippen LogP contribution is -2.33. The zero-order chi connectivity index (χ0) is 12.6. The van der Waals surface area contributed by atoms with Crippen LogP contribution in [0.2, 0.25) is 0 Å². The summed E-state index contributed by atoms with van der Waals surface area (Å²) in [6, 6.07) is 0. The van der Waals surface area contributed by atoms with Gasteiger partial charge in [-0.2, -0.15) is 0 Å². The lowest BCUT2D eigenvalue weighted by Gasteiger charge is -2.24. The van der Waals surface area contributed by atoms with Crippen LogP contribution in [0.4, 0.5) is 5.13 Å². The van der Waals surface area contributed by atoms with Crippen LogP contribution in [0.15, 0.2) is 0 Å². The van der Waals surface area contributed by atoms with Gasteiger partial charge in [-0.15, -0.1) is 0 Å². The topological polar surface area (TPSA) is 45.2 Å². The molecule has 0 fully saturated rings. The number of anilines is 1. The van der Waals surface area contributed by atoms with Gasteiger partial charge in [-0.25, -0.2) is 4.98 Å². The lowest BCUT2D eigenvalue weighted by atomic mass is 10.1. The highest BCUT2D eigenvalue weighted by molar-refractivity contribution is 7.15. The van der Waals surface area contributed by atoms with Crippen molar-refractivity contribution in [3.8, 4) is 0 Å². The third-order valence-corrected chi connectivity index (χ3v) is 3.66. The minimum atomic E-state index is 0.0285. The molecule has 4 nitrogen and oxygen atoms in total. The van der Waals surface area contributed by atoms with Gasteiger partial charge in [-0.1, -0.05) is 11.3 Å². The maximum absolute atomic E-state index is 11.3. The van der Waals surface area contributed by atoms with Crippen LogP contribution >= 0.6 is 11.3 Å². The maximum atomic E-state index is 11.3. The van der Waals surface area contributed by atoms with Crippen molar-refractivity contribution >= 4 is 22.4 Å². The molecule has 0 unspecified atom stereocenters. The van der Waals surface area contributed by atoms with Gasteiger partial charge < -0.3 is 10.2 Å². The Balaban J connectivity index is 2.15. The molecule has 0 radical (unpaired) electrons. The van der Waals surface area contributed by atoms with Crippen LogP contribution in [0.3, 0.4) is 0 Å². The number of aromatic nitrogens is 1. The highest BCUT2D eigenvalue weighted by atomic mass is 32.1. The summed E-state index contributed by atoms with van der Waals surface area (Å²) in [7, 11) is 0. The summed E-state index contributed by atoms with van der Waals surface area (Å²) in [4.78, 5) is 19.0. The van der Waals surface area contributed by atoms with Crippen molar-refractivity contribution < 1.29 is 4.79 Å². The van der Waals surface area contributed by atoms with Gasteiger partial charge in [0.05, 0.1) is 12.2 Å². The van der Waals surface area contributed by atoms with E-state index >= 15 is 0 Å². The first-order valence-electron chi connectivity index (χ1n) is 5.87. The quantitative estimate of drug-likeness (QED) is 0.835.